The quantitative estimate of drug-likeness (QED) is 0.438. The van der Waals surface area contributed by atoms with Crippen LogP contribution in [0.5, 0.6) is 0 Å². The molecule has 6 heteroatoms. The molecular formula is C7H11BF3KO. The van der Waals surface area contributed by atoms with E-state index >= 15 is 0 Å². The first-order valence-corrected chi connectivity index (χ1v) is 4.22. The van der Waals surface area contributed by atoms with Gasteiger partial charge in [-0.3, -0.25) is 4.79 Å². The van der Waals surface area contributed by atoms with Crippen LogP contribution in [0.3, 0.4) is 0 Å². The van der Waals surface area contributed by atoms with E-state index in [4.69, 9.17) is 0 Å². The molecule has 1 unspecified atom stereocenters. The van der Waals surface area contributed by atoms with E-state index in [2.05, 4.69) is 0 Å². The first-order valence-electron chi connectivity index (χ1n) is 4.22. The third-order valence-electron chi connectivity index (χ3n) is 2.30. The first kappa shape index (κ1) is 14.2. The van der Waals surface area contributed by atoms with Crippen molar-refractivity contribution in [1.29, 1.82) is 0 Å². The maximum absolute atomic E-state index is 12.2. The number of hydrogen-bond donors (Lipinski definition) is 0. The van der Waals surface area contributed by atoms with E-state index < -0.39 is 12.8 Å². The third kappa shape index (κ3) is 4.97. The predicted octanol–water partition coefficient (Wildman–Crippen LogP) is -0.259. The van der Waals surface area contributed by atoms with E-state index in [0.29, 0.717) is 19.3 Å². The van der Waals surface area contributed by atoms with Gasteiger partial charge in [0.1, 0.15) is 5.78 Å². The van der Waals surface area contributed by atoms with E-state index in [1.165, 1.54) is 0 Å². The molecule has 1 saturated carbocycles. The van der Waals surface area contributed by atoms with Crippen LogP contribution in [0.25, 0.3) is 0 Å². The van der Waals surface area contributed by atoms with Crippen molar-refractivity contribution in [1.82, 2.24) is 0 Å². The molecule has 0 amide bonds. The van der Waals surface area contributed by atoms with Gasteiger partial charge >= 0.3 is 58.4 Å². The van der Waals surface area contributed by atoms with Crippen LogP contribution in [0.2, 0.25) is 5.82 Å². The first-order chi connectivity index (χ1) is 5.50. The van der Waals surface area contributed by atoms with Crippen molar-refractivity contribution in [3.05, 3.63) is 0 Å². The van der Waals surface area contributed by atoms with Crippen LogP contribution in [0.4, 0.5) is 12.9 Å². The molecule has 0 aliphatic heterocycles. The summed E-state index contributed by atoms with van der Waals surface area (Å²) in [6.45, 7) is -4.80. The van der Waals surface area contributed by atoms with Gasteiger partial charge in [0, 0.05) is 6.42 Å². The molecule has 0 N–H and O–H groups in total. The molecule has 1 aliphatic carbocycles. The zero-order valence-electron chi connectivity index (χ0n) is 7.73. The van der Waals surface area contributed by atoms with Crippen LogP contribution in [-0.2, 0) is 4.79 Å². The maximum atomic E-state index is 12.2. The molecule has 0 radical (unpaired) electrons. The monoisotopic (exact) mass is 218 g/mol. The van der Waals surface area contributed by atoms with Gasteiger partial charge in [0.05, 0.1) is 0 Å². The summed E-state index contributed by atoms with van der Waals surface area (Å²) in [5.74, 6) is -1.54. The minimum Gasteiger partial charge on any atom is -0.449 e. The van der Waals surface area contributed by atoms with E-state index in [1.807, 2.05) is 0 Å². The summed E-state index contributed by atoms with van der Waals surface area (Å²) >= 11 is 0. The Bertz CT molecular complexity index is 183. The standard InChI is InChI=1S/C7H11BF3O.K/c9-8(10,11)6-3-1-2-4-7(12)5-6;/h6H,1-5H2;/q-1;+1. The minimum atomic E-state index is -4.80. The van der Waals surface area contributed by atoms with E-state index in [-0.39, 0.29) is 70.0 Å². The Balaban J connectivity index is 0.00000144. The fourth-order valence-electron chi connectivity index (χ4n) is 1.55. The molecule has 0 aromatic heterocycles. The average molecular weight is 218 g/mol. The molecule has 0 heterocycles. The Labute approximate surface area is 118 Å². The molecule has 1 aliphatic rings. The fourth-order valence-corrected chi connectivity index (χ4v) is 1.55. The second-order valence-corrected chi connectivity index (χ2v) is 3.37. The smallest absolute Gasteiger partial charge is 0.449 e. The topological polar surface area (TPSA) is 17.1 Å². The molecule has 70 valence electrons. The fraction of sp³-hybridized carbons (Fsp3) is 0.857. The SMILES string of the molecule is O=C1CCCCC([B-](F)(F)F)C1.[K+]. The molecule has 1 atom stereocenters. The van der Waals surface area contributed by atoms with Crippen molar-refractivity contribution in [3.63, 3.8) is 0 Å². The molecule has 0 spiro atoms. The van der Waals surface area contributed by atoms with Crippen LogP contribution < -0.4 is 51.4 Å². The van der Waals surface area contributed by atoms with Crippen molar-refractivity contribution in [3.8, 4) is 0 Å². The normalized spacial score (nSPS) is 24.8. The summed E-state index contributed by atoms with van der Waals surface area (Å²) in [7, 11) is 0. The van der Waals surface area contributed by atoms with Crippen molar-refractivity contribution in [2.75, 3.05) is 0 Å². The zero-order chi connectivity index (χ0) is 9.19. The van der Waals surface area contributed by atoms with Crippen molar-refractivity contribution >= 4 is 12.8 Å². The van der Waals surface area contributed by atoms with Crippen molar-refractivity contribution in [2.24, 2.45) is 0 Å². The summed E-state index contributed by atoms with van der Waals surface area (Å²) in [6, 6.07) is 0. The Morgan fingerprint density at radius 1 is 1.23 bits per heavy atom. The number of carbonyl (C=O) groups excluding carboxylic acids is 1. The Hall–Kier alpha value is 1.16. The van der Waals surface area contributed by atoms with Crippen molar-refractivity contribution < 1.29 is 69.1 Å². The van der Waals surface area contributed by atoms with Gasteiger partial charge < -0.3 is 12.9 Å². The van der Waals surface area contributed by atoms with Crippen LogP contribution in [-0.4, -0.2) is 12.8 Å². The number of hydrogen-bond acceptors (Lipinski definition) is 1. The van der Waals surface area contributed by atoms with Crippen LogP contribution >= 0.6 is 0 Å². The van der Waals surface area contributed by atoms with Gasteiger partial charge in [0.15, 0.2) is 0 Å². The zero-order valence-corrected chi connectivity index (χ0v) is 10.9. The summed E-state index contributed by atoms with van der Waals surface area (Å²) in [6.07, 6.45) is 1.38. The number of ketones is 1. The molecule has 0 aromatic carbocycles. The Morgan fingerprint density at radius 3 is 2.38 bits per heavy atom. The molecule has 13 heavy (non-hydrogen) atoms. The maximum Gasteiger partial charge on any atom is 1.00 e. The Kier molecular flexibility index (Phi) is 6.43. The van der Waals surface area contributed by atoms with Crippen LogP contribution in [0.1, 0.15) is 32.1 Å². The second kappa shape index (κ2) is 5.90. The summed E-state index contributed by atoms with van der Waals surface area (Å²) in [5.41, 5.74) is 0. The van der Waals surface area contributed by atoms with Gasteiger partial charge in [-0.15, -0.1) is 0 Å². The molecular weight excluding hydrogens is 207 g/mol. The molecule has 0 saturated heterocycles. The van der Waals surface area contributed by atoms with E-state index in [0.717, 1.165) is 0 Å². The summed E-state index contributed by atoms with van der Waals surface area (Å²) < 4.78 is 36.6. The summed E-state index contributed by atoms with van der Waals surface area (Å²) in [5, 5.41) is 0. The predicted molar refractivity (Wildman–Crippen MR) is 40.9 cm³/mol. The number of Topliss-reactive ketones (excluding diaryl/α,β-unsaturated/α-hetero) is 1. The summed E-state index contributed by atoms with van der Waals surface area (Å²) in [4.78, 5) is 10.9. The minimum absolute atomic E-state index is 0. The van der Waals surface area contributed by atoms with Gasteiger partial charge in [0.2, 0.25) is 0 Å². The molecule has 1 rings (SSSR count). The number of carbonyl (C=O) groups is 1. The van der Waals surface area contributed by atoms with Crippen LogP contribution in [0.15, 0.2) is 0 Å². The van der Waals surface area contributed by atoms with Gasteiger partial charge in [-0.25, -0.2) is 0 Å². The molecule has 0 bridgehead atoms. The van der Waals surface area contributed by atoms with E-state index in [9.17, 15) is 17.7 Å². The van der Waals surface area contributed by atoms with Crippen LogP contribution in [0, 0.1) is 0 Å². The van der Waals surface area contributed by atoms with Gasteiger partial charge in [-0.2, -0.15) is 0 Å². The van der Waals surface area contributed by atoms with Gasteiger partial charge in [-0.05, 0) is 12.8 Å². The molecule has 1 nitrogen and oxygen atoms in total. The van der Waals surface area contributed by atoms with Gasteiger partial charge in [-0.1, -0.05) is 18.7 Å². The Morgan fingerprint density at radius 2 is 1.85 bits per heavy atom. The second-order valence-electron chi connectivity index (χ2n) is 3.37. The van der Waals surface area contributed by atoms with Gasteiger partial charge in [0.25, 0.3) is 0 Å². The largest absolute Gasteiger partial charge is 1.00 e. The average Bonchev–Trinajstić information content (AvgIpc) is 2.11. The number of rotatable bonds is 1. The number of halogens is 3. The van der Waals surface area contributed by atoms with E-state index in [1.54, 1.807) is 0 Å². The molecule has 1 fully saturated rings. The molecule has 0 aromatic rings. The third-order valence-corrected chi connectivity index (χ3v) is 2.30. The van der Waals surface area contributed by atoms with Crippen molar-refractivity contribution in [2.45, 2.75) is 37.9 Å².